The zero-order valence-corrected chi connectivity index (χ0v) is 15.6. The Bertz CT molecular complexity index is 923. The van der Waals surface area contributed by atoms with Gasteiger partial charge in [0.25, 0.3) is 0 Å². The lowest BCUT2D eigenvalue weighted by Crippen LogP contribution is -2.26. The van der Waals surface area contributed by atoms with Crippen LogP contribution in [0, 0.1) is 0 Å². The third-order valence-electron chi connectivity index (χ3n) is 4.85. The Morgan fingerprint density at radius 1 is 1.23 bits per heavy atom. The number of amides is 1. The maximum absolute atomic E-state index is 12.3. The number of fused-ring (bicyclic) bond motifs is 1. The van der Waals surface area contributed by atoms with Gasteiger partial charge >= 0.3 is 0 Å². The fraction of sp³-hybridized carbons (Fsp3) is 0.333. The highest BCUT2D eigenvalue weighted by Crippen LogP contribution is 2.24. The molecule has 1 amide bonds. The topological polar surface area (TPSA) is 46.4 Å². The van der Waals surface area contributed by atoms with Gasteiger partial charge < -0.3 is 5.32 Å². The van der Waals surface area contributed by atoms with Gasteiger partial charge in [0.1, 0.15) is 0 Å². The number of carbonyl (C=O) groups excluding carboxylic acids is 1. The molecule has 0 saturated heterocycles. The van der Waals surface area contributed by atoms with Crippen LogP contribution in [0.2, 0.25) is 0 Å². The van der Waals surface area contributed by atoms with Gasteiger partial charge in [0.15, 0.2) is 4.96 Å². The molecule has 2 heterocycles. The van der Waals surface area contributed by atoms with Gasteiger partial charge in [-0.05, 0) is 32.1 Å². The molecule has 26 heavy (non-hydrogen) atoms. The Hall–Kier alpha value is -2.40. The highest BCUT2D eigenvalue weighted by atomic mass is 32.1. The number of nitrogens with zero attached hydrogens (tertiary/aromatic N) is 2. The number of hydrogen-bond donors (Lipinski definition) is 1. The first-order valence-corrected chi connectivity index (χ1v) is 10.1. The summed E-state index contributed by atoms with van der Waals surface area (Å²) in [5, 5.41) is 5.09. The number of carbonyl (C=O) groups is 1. The summed E-state index contributed by atoms with van der Waals surface area (Å²) >= 11 is 1.58. The molecule has 4 rings (SSSR count). The van der Waals surface area contributed by atoms with Crippen LogP contribution in [-0.4, -0.2) is 21.8 Å². The van der Waals surface area contributed by atoms with Crippen molar-refractivity contribution in [2.75, 3.05) is 6.54 Å². The van der Waals surface area contributed by atoms with E-state index in [1.54, 1.807) is 11.3 Å². The zero-order valence-electron chi connectivity index (χ0n) is 14.8. The van der Waals surface area contributed by atoms with Crippen LogP contribution in [0.25, 0.3) is 16.2 Å². The van der Waals surface area contributed by atoms with Crippen molar-refractivity contribution < 1.29 is 4.79 Å². The smallest absolute Gasteiger partial charge is 0.225 e. The third-order valence-corrected chi connectivity index (χ3v) is 5.74. The van der Waals surface area contributed by atoms with Gasteiger partial charge in [0, 0.05) is 29.4 Å². The molecule has 0 bridgehead atoms. The molecule has 0 fully saturated rings. The van der Waals surface area contributed by atoms with E-state index in [4.69, 9.17) is 0 Å². The lowest BCUT2D eigenvalue weighted by molar-refractivity contribution is -0.120. The second-order valence-electron chi connectivity index (χ2n) is 6.76. The minimum absolute atomic E-state index is 0.0797. The van der Waals surface area contributed by atoms with Crippen molar-refractivity contribution >= 4 is 22.2 Å². The molecular weight excluding hydrogens is 342 g/mol. The third kappa shape index (κ3) is 3.88. The van der Waals surface area contributed by atoms with E-state index in [0.29, 0.717) is 6.42 Å². The fourth-order valence-electron chi connectivity index (χ4n) is 3.43. The number of benzene rings is 1. The summed E-state index contributed by atoms with van der Waals surface area (Å²) in [6.07, 6.45) is 10.7. The van der Waals surface area contributed by atoms with E-state index in [1.165, 1.54) is 31.3 Å². The van der Waals surface area contributed by atoms with E-state index in [0.717, 1.165) is 34.9 Å². The van der Waals surface area contributed by atoms with Crippen LogP contribution in [-0.2, 0) is 11.2 Å². The maximum atomic E-state index is 12.3. The van der Waals surface area contributed by atoms with E-state index >= 15 is 0 Å². The molecule has 1 N–H and O–H groups in total. The molecule has 2 aromatic heterocycles. The largest absolute Gasteiger partial charge is 0.355 e. The van der Waals surface area contributed by atoms with Crippen molar-refractivity contribution in [3.8, 4) is 11.3 Å². The molecule has 4 nitrogen and oxygen atoms in total. The molecule has 0 spiro atoms. The van der Waals surface area contributed by atoms with Gasteiger partial charge in [-0.15, -0.1) is 11.3 Å². The van der Waals surface area contributed by atoms with E-state index in [-0.39, 0.29) is 5.91 Å². The summed E-state index contributed by atoms with van der Waals surface area (Å²) in [5.74, 6) is 0.0797. The second kappa shape index (κ2) is 7.87. The number of rotatable bonds is 6. The van der Waals surface area contributed by atoms with Crippen LogP contribution in [0.4, 0.5) is 0 Å². The lowest BCUT2D eigenvalue weighted by atomic mass is 9.97. The number of allylic oxidation sites excluding steroid dienone is 1. The second-order valence-corrected chi connectivity index (χ2v) is 7.59. The highest BCUT2D eigenvalue weighted by Gasteiger charge is 2.12. The average Bonchev–Trinajstić information content (AvgIpc) is 3.25. The van der Waals surface area contributed by atoms with E-state index in [1.807, 2.05) is 34.2 Å². The van der Waals surface area contributed by atoms with Crippen LogP contribution in [0.5, 0.6) is 0 Å². The molecule has 1 aliphatic carbocycles. The number of thiazole rings is 1. The number of aromatic nitrogens is 2. The van der Waals surface area contributed by atoms with Crippen LogP contribution >= 0.6 is 11.3 Å². The number of hydrogen-bond acceptors (Lipinski definition) is 3. The van der Waals surface area contributed by atoms with Crippen molar-refractivity contribution in [2.24, 2.45) is 0 Å². The van der Waals surface area contributed by atoms with Crippen LogP contribution in [0.3, 0.4) is 0 Å². The van der Waals surface area contributed by atoms with Crippen LogP contribution < -0.4 is 5.32 Å². The molecule has 0 atom stereocenters. The summed E-state index contributed by atoms with van der Waals surface area (Å²) in [4.78, 5) is 17.9. The first kappa shape index (κ1) is 17.0. The molecule has 0 radical (unpaired) electrons. The van der Waals surface area contributed by atoms with Crippen molar-refractivity contribution in [3.63, 3.8) is 0 Å². The van der Waals surface area contributed by atoms with Crippen molar-refractivity contribution in [2.45, 2.75) is 38.5 Å². The summed E-state index contributed by atoms with van der Waals surface area (Å²) in [6.45, 7) is 0.733. The predicted molar refractivity (Wildman–Crippen MR) is 106 cm³/mol. The summed E-state index contributed by atoms with van der Waals surface area (Å²) in [6, 6.07) is 10.1. The Balaban J connectivity index is 1.38. The fourth-order valence-corrected chi connectivity index (χ4v) is 4.30. The molecule has 0 aliphatic heterocycles. The highest BCUT2D eigenvalue weighted by molar-refractivity contribution is 7.15. The van der Waals surface area contributed by atoms with Crippen molar-refractivity contribution in [1.29, 1.82) is 0 Å². The quantitative estimate of drug-likeness (QED) is 0.648. The molecule has 5 heteroatoms. The molecular formula is C21H23N3OS. The predicted octanol–water partition coefficient (Wildman–Crippen LogP) is 4.61. The SMILES string of the molecule is O=C(Cc1csc2nc(-c3ccccc3)cn12)NCCC1=CCCCC1. The number of imidazole rings is 1. The minimum atomic E-state index is 0.0797. The zero-order chi connectivity index (χ0) is 17.8. The van der Waals surface area contributed by atoms with Gasteiger partial charge in [-0.3, -0.25) is 9.20 Å². The van der Waals surface area contributed by atoms with E-state index in [2.05, 4.69) is 28.5 Å². The Labute approximate surface area is 157 Å². The molecule has 3 aromatic rings. The molecule has 0 unspecified atom stereocenters. The Kier molecular flexibility index (Phi) is 5.16. The monoisotopic (exact) mass is 365 g/mol. The van der Waals surface area contributed by atoms with E-state index in [9.17, 15) is 4.79 Å². The van der Waals surface area contributed by atoms with Crippen LogP contribution in [0.1, 0.15) is 37.8 Å². The van der Waals surface area contributed by atoms with Gasteiger partial charge in [0.05, 0.1) is 12.1 Å². The first-order chi connectivity index (χ1) is 12.8. The van der Waals surface area contributed by atoms with Gasteiger partial charge in [0.2, 0.25) is 5.91 Å². The summed E-state index contributed by atoms with van der Waals surface area (Å²) < 4.78 is 2.04. The van der Waals surface area contributed by atoms with Gasteiger partial charge in [-0.25, -0.2) is 4.98 Å². The van der Waals surface area contributed by atoms with Gasteiger partial charge in [-0.2, -0.15) is 0 Å². The number of nitrogens with one attached hydrogen (secondary N) is 1. The standard InChI is InChI=1S/C21H23N3OS/c25-20(22-12-11-16-7-3-1-4-8-16)13-18-15-26-21-23-19(14-24(18)21)17-9-5-2-6-10-17/h2,5-7,9-10,14-15H,1,3-4,8,11-13H2,(H,22,25). The Morgan fingerprint density at radius 3 is 2.92 bits per heavy atom. The lowest BCUT2D eigenvalue weighted by Gasteiger charge is -2.12. The van der Waals surface area contributed by atoms with Crippen LogP contribution in [0.15, 0.2) is 53.6 Å². The molecule has 1 aromatic carbocycles. The normalized spacial score (nSPS) is 14.4. The molecule has 0 saturated carbocycles. The summed E-state index contributed by atoms with van der Waals surface area (Å²) in [7, 11) is 0. The molecule has 1 aliphatic rings. The first-order valence-electron chi connectivity index (χ1n) is 9.25. The maximum Gasteiger partial charge on any atom is 0.225 e. The van der Waals surface area contributed by atoms with E-state index < -0.39 is 0 Å². The van der Waals surface area contributed by atoms with Gasteiger partial charge in [-0.1, -0.05) is 42.0 Å². The Morgan fingerprint density at radius 2 is 2.12 bits per heavy atom. The van der Waals surface area contributed by atoms with Crippen molar-refractivity contribution in [1.82, 2.24) is 14.7 Å². The molecule has 134 valence electrons. The average molecular weight is 366 g/mol. The summed E-state index contributed by atoms with van der Waals surface area (Å²) in [5.41, 5.74) is 4.54. The minimum Gasteiger partial charge on any atom is -0.355 e. The van der Waals surface area contributed by atoms with Crippen molar-refractivity contribution in [3.05, 3.63) is 59.3 Å².